The highest BCUT2D eigenvalue weighted by Crippen LogP contribution is 2.49. The lowest BCUT2D eigenvalue weighted by Crippen LogP contribution is -2.43. The van der Waals surface area contributed by atoms with E-state index in [1.54, 1.807) is 21.3 Å². The first kappa shape index (κ1) is 32.0. The second-order valence-electron chi connectivity index (χ2n) is 8.00. The average Bonchev–Trinajstić information content (AvgIpc) is 2.79. The van der Waals surface area contributed by atoms with Gasteiger partial charge in [-0.15, -0.1) is 0 Å². The molecule has 0 saturated carbocycles. The Morgan fingerprint density at radius 1 is 0.875 bits per heavy atom. The molecule has 3 atom stereocenters. The predicted molar refractivity (Wildman–Crippen MR) is 131 cm³/mol. The lowest BCUT2D eigenvalue weighted by Gasteiger charge is -2.33. The zero-order valence-electron chi connectivity index (χ0n) is 21.0. The molecule has 0 bridgehead atoms. The van der Waals surface area contributed by atoms with Gasteiger partial charge in [0.25, 0.3) is 0 Å². The molecule has 32 heavy (non-hydrogen) atoms. The molecular weight excluding hydrogens is 436 g/mol. The van der Waals surface area contributed by atoms with Crippen molar-refractivity contribution in [3.8, 4) is 0 Å². The summed E-state index contributed by atoms with van der Waals surface area (Å²) in [4.78, 5) is 1.95. The van der Waals surface area contributed by atoms with Crippen LogP contribution < -0.4 is 5.73 Å². The molecule has 0 aromatic heterocycles. The van der Waals surface area contributed by atoms with Gasteiger partial charge in [-0.2, -0.15) is 0 Å². The predicted octanol–water partition coefficient (Wildman–Crippen LogP) is 2.10. The van der Waals surface area contributed by atoms with E-state index in [1.807, 2.05) is 4.90 Å². The molecule has 4 N–H and O–H groups in total. The molecule has 0 aliphatic carbocycles. The largest absolute Gasteiger partial charge is 0.389 e. The molecule has 10 heteroatoms. The maximum atomic E-state index is 10.4. The Labute approximate surface area is 197 Å². The van der Waals surface area contributed by atoms with Crippen molar-refractivity contribution >= 4 is 10.9 Å². The van der Waals surface area contributed by atoms with E-state index in [-0.39, 0.29) is 6.61 Å². The molecule has 0 heterocycles. The fourth-order valence-corrected chi connectivity index (χ4v) is 4.80. The second kappa shape index (κ2) is 20.4. The van der Waals surface area contributed by atoms with Gasteiger partial charge >= 0.3 is 0 Å². The van der Waals surface area contributed by atoms with Gasteiger partial charge in [0.05, 0.1) is 57.6 Å². The maximum absolute atomic E-state index is 10.4. The number of nitrogens with two attached hydrogens (primary N) is 1. The molecule has 0 amide bonds. The van der Waals surface area contributed by atoms with Crippen molar-refractivity contribution < 1.29 is 32.2 Å². The van der Waals surface area contributed by atoms with Crippen molar-refractivity contribution in [2.75, 3.05) is 79.7 Å². The Morgan fingerprint density at radius 2 is 1.47 bits per heavy atom. The molecule has 9 nitrogen and oxygen atoms in total. The highest BCUT2D eigenvalue weighted by molar-refractivity contribution is 8.21. The SMILES string of the molecule is CCCCC(CC)COCC(O)CN(CCN)CC(O)COCCCS(OC)(OC)OC. The molecule has 196 valence electrons. The van der Waals surface area contributed by atoms with Crippen LogP contribution in [0.2, 0.25) is 0 Å². The summed E-state index contributed by atoms with van der Waals surface area (Å²) in [7, 11) is 2.71. The van der Waals surface area contributed by atoms with Gasteiger partial charge in [0.15, 0.2) is 0 Å². The molecule has 0 aromatic rings. The number of nitrogens with zero attached hydrogens (tertiary/aromatic N) is 1. The third-order valence-corrected chi connectivity index (χ3v) is 7.66. The smallest absolute Gasteiger partial charge is 0.0900 e. The fraction of sp³-hybridized carbons (Fsp3) is 1.00. The molecule has 3 unspecified atom stereocenters. The number of ether oxygens (including phenoxy) is 2. The molecule has 0 spiro atoms. The Balaban J connectivity index is 4.19. The van der Waals surface area contributed by atoms with E-state index < -0.39 is 23.1 Å². The van der Waals surface area contributed by atoms with Gasteiger partial charge < -0.3 is 25.4 Å². The Hall–Kier alpha value is -0.0100. The fourth-order valence-electron chi connectivity index (χ4n) is 3.42. The first-order chi connectivity index (χ1) is 15.4. The highest BCUT2D eigenvalue weighted by Gasteiger charge is 2.22. The van der Waals surface area contributed by atoms with Gasteiger partial charge in [0.1, 0.15) is 0 Å². The lowest BCUT2D eigenvalue weighted by molar-refractivity contribution is -0.0153. The topological polar surface area (TPSA) is 116 Å². The zero-order valence-corrected chi connectivity index (χ0v) is 21.8. The monoisotopic (exact) mass is 486 g/mol. The molecule has 0 radical (unpaired) electrons. The van der Waals surface area contributed by atoms with E-state index in [2.05, 4.69) is 13.8 Å². The van der Waals surface area contributed by atoms with Crippen LogP contribution in [0.1, 0.15) is 46.0 Å². The minimum Gasteiger partial charge on any atom is -0.389 e. The number of aliphatic hydroxyl groups excluding tert-OH is 2. The maximum Gasteiger partial charge on any atom is 0.0900 e. The molecule has 0 saturated heterocycles. The molecular formula is C22H50N2O7S. The van der Waals surface area contributed by atoms with Gasteiger partial charge in [0.2, 0.25) is 0 Å². The van der Waals surface area contributed by atoms with Crippen molar-refractivity contribution in [1.29, 1.82) is 0 Å². The van der Waals surface area contributed by atoms with Crippen LogP contribution in [-0.4, -0.2) is 107 Å². The third-order valence-electron chi connectivity index (χ3n) is 5.35. The number of hydrogen-bond donors (Lipinski definition) is 3. The Morgan fingerprint density at radius 3 is 1.97 bits per heavy atom. The molecule has 0 rings (SSSR count). The van der Waals surface area contributed by atoms with Crippen LogP contribution in [-0.2, 0) is 22.0 Å². The van der Waals surface area contributed by atoms with Crippen LogP contribution >= 0.6 is 10.9 Å². The van der Waals surface area contributed by atoms with Crippen molar-refractivity contribution in [3.05, 3.63) is 0 Å². The summed E-state index contributed by atoms with van der Waals surface area (Å²) in [6, 6.07) is 0. The van der Waals surface area contributed by atoms with Gasteiger partial charge in [0, 0.05) is 45.1 Å². The number of aliphatic hydroxyl groups is 2. The summed E-state index contributed by atoms with van der Waals surface area (Å²) in [5, 5.41) is 20.7. The lowest BCUT2D eigenvalue weighted by atomic mass is 10.0. The van der Waals surface area contributed by atoms with Gasteiger partial charge in [-0.25, -0.2) is 0 Å². The molecule has 0 fully saturated rings. The molecule has 0 aliphatic rings. The van der Waals surface area contributed by atoms with Crippen LogP contribution in [0.3, 0.4) is 0 Å². The first-order valence-corrected chi connectivity index (χ1v) is 13.4. The molecule has 0 aromatic carbocycles. The average molecular weight is 487 g/mol. The minimum atomic E-state index is -1.97. The van der Waals surface area contributed by atoms with E-state index >= 15 is 0 Å². The zero-order chi connectivity index (χ0) is 24.2. The van der Waals surface area contributed by atoms with E-state index in [0.29, 0.717) is 64.1 Å². The number of hydrogen-bond acceptors (Lipinski definition) is 9. The van der Waals surface area contributed by atoms with E-state index in [9.17, 15) is 10.2 Å². The summed E-state index contributed by atoms with van der Waals surface area (Å²) in [5.41, 5.74) is 5.70. The van der Waals surface area contributed by atoms with Gasteiger partial charge in [-0.05, 0) is 18.8 Å². The van der Waals surface area contributed by atoms with E-state index in [1.165, 1.54) is 19.3 Å². The Kier molecular flexibility index (Phi) is 20.4. The summed E-state index contributed by atoms with van der Waals surface area (Å²) in [6.07, 6.45) is 4.06. The van der Waals surface area contributed by atoms with Crippen molar-refractivity contribution in [1.82, 2.24) is 4.90 Å². The van der Waals surface area contributed by atoms with Crippen LogP contribution in [0.5, 0.6) is 0 Å². The Bertz CT molecular complexity index is 411. The highest BCUT2D eigenvalue weighted by atomic mass is 32.3. The van der Waals surface area contributed by atoms with Crippen LogP contribution in [0, 0.1) is 5.92 Å². The molecule has 0 aliphatic heterocycles. The summed E-state index contributed by atoms with van der Waals surface area (Å²) in [6.45, 7) is 7.83. The standard InChI is InChI=1S/C22H50N2O7S/c1-6-8-10-20(7-2)17-31-19-22(26)16-24(12-11-23)15-21(25)18-30-13-9-14-32(27-3,28-4)29-5/h20-22,25-26H,6-19,23H2,1-5H3. The van der Waals surface area contributed by atoms with E-state index in [4.69, 9.17) is 27.8 Å². The van der Waals surface area contributed by atoms with Crippen LogP contribution in [0.25, 0.3) is 0 Å². The number of unbranched alkanes of at least 4 members (excludes halogenated alkanes) is 1. The van der Waals surface area contributed by atoms with Crippen LogP contribution in [0.15, 0.2) is 0 Å². The third kappa shape index (κ3) is 15.0. The van der Waals surface area contributed by atoms with Gasteiger partial charge in [-0.1, -0.05) is 33.1 Å². The number of rotatable bonds is 23. The van der Waals surface area contributed by atoms with E-state index in [0.717, 1.165) is 6.42 Å². The van der Waals surface area contributed by atoms with Crippen LogP contribution in [0.4, 0.5) is 0 Å². The second-order valence-corrected chi connectivity index (χ2v) is 10.5. The summed E-state index contributed by atoms with van der Waals surface area (Å²) >= 11 is 0. The minimum absolute atomic E-state index is 0.207. The van der Waals surface area contributed by atoms with Crippen molar-refractivity contribution in [3.63, 3.8) is 0 Å². The first-order valence-electron chi connectivity index (χ1n) is 11.8. The summed E-state index contributed by atoms with van der Waals surface area (Å²) in [5.74, 6) is 1.14. The normalized spacial score (nSPS) is 15.8. The quantitative estimate of drug-likeness (QED) is 0.187. The summed E-state index contributed by atoms with van der Waals surface area (Å²) < 4.78 is 27.3. The van der Waals surface area contributed by atoms with Gasteiger partial charge in [-0.3, -0.25) is 17.4 Å². The van der Waals surface area contributed by atoms with Crippen molar-refractivity contribution in [2.45, 2.75) is 58.2 Å². The van der Waals surface area contributed by atoms with Crippen molar-refractivity contribution in [2.24, 2.45) is 11.7 Å².